The van der Waals surface area contributed by atoms with Gasteiger partial charge in [-0.25, -0.2) is 0 Å². The third kappa shape index (κ3) is 2.99. The summed E-state index contributed by atoms with van der Waals surface area (Å²) in [6.45, 7) is 4.28. The summed E-state index contributed by atoms with van der Waals surface area (Å²) in [6.07, 6.45) is 4.96. The number of morpholine rings is 1. The molecular formula is C13H24N2O2. The van der Waals surface area contributed by atoms with E-state index in [1.54, 1.807) is 0 Å². The molecule has 0 bridgehead atoms. The van der Waals surface area contributed by atoms with Gasteiger partial charge in [0.2, 0.25) is 5.91 Å². The molecule has 1 saturated carbocycles. The number of carbonyl (C=O) groups is 1. The van der Waals surface area contributed by atoms with Crippen molar-refractivity contribution in [1.82, 2.24) is 10.2 Å². The molecule has 1 amide bonds. The van der Waals surface area contributed by atoms with Gasteiger partial charge in [-0.15, -0.1) is 0 Å². The molecule has 0 spiro atoms. The van der Waals surface area contributed by atoms with Crippen molar-refractivity contribution in [3.8, 4) is 0 Å². The molecule has 2 aliphatic rings. The van der Waals surface area contributed by atoms with Gasteiger partial charge in [0.05, 0.1) is 13.2 Å². The molecule has 3 atom stereocenters. The molecule has 1 aliphatic heterocycles. The minimum atomic E-state index is -0.136. The molecule has 2 rings (SSSR count). The van der Waals surface area contributed by atoms with Crippen LogP contribution in [0.5, 0.6) is 0 Å². The van der Waals surface area contributed by atoms with Crippen LogP contribution in [0.3, 0.4) is 0 Å². The lowest BCUT2D eigenvalue weighted by Crippen LogP contribution is -2.55. The molecule has 17 heavy (non-hydrogen) atoms. The minimum absolute atomic E-state index is 0.136. The molecule has 2 fully saturated rings. The van der Waals surface area contributed by atoms with Crippen LogP contribution in [0.1, 0.15) is 32.6 Å². The zero-order valence-electron chi connectivity index (χ0n) is 10.9. The van der Waals surface area contributed by atoms with Crippen molar-refractivity contribution in [2.45, 2.75) is 44.7 Å². The Hall–Kier alpha value is -0.610. The summed E-state index contributed by atoms with van der Waals surface area (Å²) in [4.78, 5) is 14.3. The van der Waals surface area contributed by atoms with E-state index >= 15 is 0 Å². The zero-order valence-corrected chi connectivity index (χ0v) is 10.9. The fourth-order valence-electron chi connectivity index (χ4n) is 3.01. The van der Waals surface area contributed by atoms with Gasteiger partial charge in [0, 0.05) is 19.6 Å². The van der Waals surface area contributed by atoms with Gasteiger partial charge in [-0.1, -0.05) is 19.8 Å². The van der Waals surface area contributed by atoms with E-state index in [1.165, 1.54) is 19.3 Å². The van der Waals surface area contributed by atoms with E-state index in [0.29, 0.717) is 25.2 Å². The number of hydrogen-bond donors (Lipinski definition) is 1. The van der Waals surface area contributed by atoms with Crippen LogP contribution in [0.4, 0.5) is 0 Å². The largest absolute Gasteiger partial charge is 0.378 e. The average Bonchev–Trinajstić information content (AvgIpc) is 2.39. The summed E-state index contributed by atoms with van der Waals surface area (Å²) in [6, 6.07) is 0.280. The first-order chi connectivity index (χ1) is 8.20. The lowest BCUT2D eigenvalue weighted by atomic mass is 9.85. The average molecular weight is 240 g/mol. The Bertz CT molecular complexity index is 264. The van der Waals surface area contributed by atoms with Crippen LogP contribution >= 0.6 is 0 Å². The number of amides is 1. The Morgan fingerprint density at radius 1 is 1.35 bits per heavy atom. The second kappa shape index (κ2) is 5.83. The SMILES string of the molecule is CC1CCCCC1N(C)C(=O)C1COCCN1. The summed E-state index contributed by atoms with van der Waals surface area (Å²) >= 11 is 0. The number of carbonyl (C=O) groups excluding carboxylic acids is 1. The van der Waals surface area contributed by atoms with Gasteiger partial charge in [0.15, 0.2) is 0 Å². The third-order valence-electron chi connectivity index (χ3n) is 4.13. The normalized spacial score (nSPS) is 34.4. The van der Waals surface area contributed by atoms with Crippen LogP contribution in [-0.4, -0.2) is 49.7 Å². The molecule has 1 heterocycles. The Labute approximate surface area is 104 Å². The molecule has 1 saturated heterocycles. The molecule has 0 aromatic rings. The van der Waals surface area contributed by atoms with Gasteiger partial charge in [-0.3, -0.25) is 4.79 Å². The zero-order chi connectivity index (χ0) is 12.3. The Morgan fingerprint density at radius 2 is 2.12 bits per heavy atom. The van der Waals surface area contributed by atoms with Gasteiger partial charge in [-0.05, 0) is 18.8 Å². The van der Waals surface area contributed by atoms with Crippen molar-refractivity contribution >= 4 is 5.91 Å². The van der Waals surface area contributed by atoms with Crippen LogP contribution in [0.15, 0.2) is 0 Å². The van der Waals surface area contributed by atoms with E-state index in [1.807, 2.05) is 11.9 Å². The molecule has 4 nitrogen and oxygen atoms in total. The predicted molar refractivity (Wildman–Crippen MR) is 66.8 cm³/mol. The van der Waals surface area contributed by atoms with Gasteiger partial charge in [0.1, 0.15) is 6.04 Å². The number of likely N-dealkylation sites (N-methyl/N-ethyl adjacent to an activating group) is 1. The Morgan fingerprint density at radius 3 is 2.76 bits per heavy atom. The summed E-state index contributed by atoms with van der Waals surface area (Å²) in [7, 11) is 1.95. The molecule has 1 aliphatic carbocycles. The number of nitrogens with one attached hydrogen (secondary N) is 1. The Balaban J connectivity index is 1.92. The highest BCUT2D eigenvalue weighted by molar-refractivity contribution is 5.82. The van der Waals surface area contributed by atoms with E-state index in [9.17, 15) is 4.79 Å². The third-order valence-corrected chi connectivity index (χ3v) is 4.13. The van der Waals surface area contributed by atoms with Crippen molar-refractivity contribution < 1.29 is 9.53 Å². The monoisotopic (exact) mass is 240 g/mol. The van der Waals surface area contributed by atoms with Gasteiger partial charge in [-0.2, -0.15) is 0 Å². The Kier molecular flexibility index (Phi) is 4.40. The van der Waals surface area contributed by atoms with Gasteiger partial charge in [0.25, 0.3) is 0 Å². The maximum atomic E-state index is 12.3. The van der Waals surface area contributed by atoms with Crippen molar-refractivity contribution in [2.24, 2.45) is 5.92 Å². The minimum Gasteiger partial charge on any atom is -0.378 e. The van der Waals surface area contributed by atoms with Crippen molar-refractivity contribution in [3.05, 3.63) is 0 Å². The van der Waals surface area contributed by atoms with Gasteiger partial charge >= 0.3 is 0 Å². The van der Waals surface area contributed by atoms with Crippen LogP contribution in [0.2, 0.25) is 0 Å². The van der Waals surface area contributed by atoms with Crippen LogP contribution in [-0.2, 0) is 9.53 Å². The smallest absolute Gasteiger partial charge is 0.242 e. The van der Waals surface area contributed by atoms with E-state index in [0.717, 1.165) is 13.0 Å². The van der Waals surface area contributed by atoms with Crippen LogP contribution < -0.4 is 5.32 Å². The lowest BCUT2D eigenvalue weighted by Gasteiger charge is -2.38. The fourth-order valence-corrected chi connectivity index (χ4v) is 3.01. The number of hydrogen-bond acceptors (Lipinski definition) is 3. The number of rotatable bonds is 2. The molecule has 0 radical (unpaired) electrons. The molecule has 98 valence electrons. The summed E-state index contributed by atoms with van der Waals surface area (Å²) in [5.41, 5.74) is 0. The lowest BCUT2D eigenvalue weighted by molar-refractivity contribution is -0.138. The maximum absolute atomic E-state index is 12.3. The molecule has 0 aromatic carbocycles. The first-order valence-corrected chi connectivity index (χ1v) is 6.78. The first-order valence-electron chi connectivity index (χ1n) is 6.78. The van der Waals surface area contributed by atoms with Crippen LogP contribution in [0.25, 0.3) is 0 Å². The van der Waals surface area contributed by atoms with E-state index in [2.05, 4.69) is 12.2 Å². The first kappa shape index (κ1) is 12.8. The summed E-state index contributed by atoms with van der Waals surface area (Å²) in [5, 5.41) is 3.24. The van der Waals surface area contributed by atoms with Crippen molar-refractivity contribution in [2.75, 3.05) is 26.8 Å². The topological polar surface area (TPSA) is 41.6 Å². The highest BCUT2D eigenvalue weighted by Gasteiger charge is 2.32. The number of nitrogens with zero attached hydrogens (tertiary/aromatic N) is 1. The predicted octanol–water partition coefficient (Wildman–Crippen LogP) is 1.01. The molecular weight excluding hydrogens is 216 g/mol. The highest BCUT2D eigenvalue weighted by atomic mass is 16.5. The van der Waals surface area contributed by atoms with E-state index < -0.39 is 0 Å². The summed E-state index contributed by atoms with van der Waals surface area (Å²) < 4.78 is 5.36. The second-order valence-corrected chi connectivity index (χ2v) is 5.36. The molecule has 4 heteroatoms. The number of ether oxygens (including phenoxy) is 1. The standard InChI is InChI=1S/C13H24N2O2/c1-10-5-3-4-6-12(10)15(2)13(16)11-9-17-8-7-14-11/h10-12,14H,3-9H2,1-2H3. The fraction of sp³-hybridized carbons (Fsp3) is 0.923. The van der Waals surface area contributed by atoms with E-state index in [4.69, 9.17) is 4.74 Å². The highest BCUT2D eigenvalue weighted by Crippen LogP contribution is 2.27. The van der Waals surface area contributed by atoms with Crippen molar-refractivity contribution in [3.63, 3.8) is 0 Å². The molecule has 3 unspecified atom stereocenters. The molecule has 1 N–H and O–H groups in total. The van der Waals surface area contributed by atoms with Crippen molar-refractivity contribution in [1.29, 1.82) is 0 Å². The maximum Gasteiger partial charge on any atom is 0.242 e. The van der Waals surface area contributed by atoms with Crippen LogP contribution in [0, 0.1) is 5.92 Å². The van der Waals surface area contributed by atoms with E-state index in [-0.39, 0.29) is 11.9 Å². The quantitative estimate of drug-likeness (QED) is 0.783. The molecule has 0 aromatic heterocycles. The summed E-state index contributed by atoms with van der Waals surface area (Å²) in [5.74, 6) is 0.825. The van der Waals surface area contributed by atoms with Gasteiger partial charge < -0.3 is 15.0 Å². The second-order valence-electron chi connectivity index (χ2n) is 5.36.